The highest BCUT2D eigenvalue weighted by molar-refractivity contribution is 5.93. The molecule has 5 aromatic carbocycles. The van der Waals surface area contributed by atoms with Crippen molar-refractivity contribution in [2.24, 2.45) is 0 Å². The molecule has 152 valence electrons. The molecule has 0 saturated heterocycles. The SMILES string of the molecule is Cc1ccc2c(c1)C1(c3ccccc3Cc3c1ccc1ccccc31)c1cc(C)ccc1-2. The minimum Gasteiger partial charge on any atom is -0.0620 e. The number of rotatable bonds is 0. The summed E-state index contributed by atoms with van der Waals surface area (Å²) in [6.45, 7) is 4.44. The lowest BCUT2D eigenvalue weighted by Crippen LogP contribution is -2.34. The average Bonchev–Trinajstić information content (AvgIpc) is 3.09. The predicted octanol–water partition coefficient (Wildman–Crippen LogP) is 7.72. The van der Waals surface area contributed by atoms with Crippen LogP contribution in [0.5, 0.6) is 0 Å². The molecule has 0 radical (unpaired) electrons. The van der Waals surface area contributed by atoms with Crippen LogP contribution in [0.3, 0.4) is 0 Å². The fourth-order valence-corrected chi connectivity index (χ4v) is 6.39. The second-order valence-electron chi connectivity index (χ2n) is 9.49. The van der Waals surface area contributed by atoms with Gasteiger partial charge in [-0.2, -0.15) is 0 Å². The summed E-state index contributed by atoms with van der Waals surface area (Å²) in [6.07, 6.45) is 0.983. The molecule has 0 bridgehead atoms. The van der Waals surface area contributed by atoms with Crippen molar-refractivity contribution in [3.8, 4) is 11.1 Å². The molecule has 0 fully saturated rings. The fraction of sp³-hybridized carbons (Fsp3) is 0.125. The Balaban J connectivity index is 1.73. The van der Waals surface area contributed by atoms with Crippen molar-refractivity contribution in [2.45, 2.75) is 25.7 Å². The van der Waals surface area contributed by atoms with Crippen LogP contribution >= 0.6 is 0 Å². The van der Waals surface area contributed by atoms with Crippen LogP contribution in [0.25, 0.3) is 21.9 Å². The Kier molecular flexibility index (Phi) is 3.49. The third-order valence-corrected chi connectivity index (χ3v) is 7.68. The summed E-state index contributed by atoms with van der Waals surface area (Å²) in [5, 5.41) is 2.71. The Morgan fingerprint density at radius 2 is 1.22 bits per heavy atom. The summed E-state index contributed by atoms with van der Waals surface area (Å²) in [5.74, 6) is 0. The summed E-state index contributed by atoms with van der Waals surface area (Å²) in [6, 6.07) is 36.8. The van der Waals surface area contributed by atoms with E-state index in [1.165, 1.54) is 66.4 Å². The van der Waals surface area contributed by atoms with Gasteiger partial charge in [0, 0.05) is 0 Å². The molecule has 0 aliphatic heterocycles. The van der Waals surface area contributed by atoms with E-state index in [4.69, 9.17) is 0 Å². The van der Waals surface area contributed by atoms with Crippen LogP contribution in [0, 0.1) is 13.8 Å². The smallest absolute Gasteiger partial charge is 0.0620 e. The molecule has 0 heterocycles. The number of fused-ring (bicyclic) bond motifs is 11. The molecule has 0 unspecified atom stereocenters. The van der Waals surface area contributed by atoms with E-state index in [2.05, 4.69) is 111 Å². The molecule has 0 saturated carbocycles. The topological polar surface area (TPSA) is 0 Å². The number of aryl methyl sites for hydroxylation is 2. The number of hydrogen-bond acceptors (Lipinski definition) is 0. The molecule has 0 aromatic heterocycles. The van der Waals surface area contributed by atoms with Gasteiger partial charge in [-0.25, -0.2) is 0 Å². The molecule has 7 rings (SSSR count). The summed E-state index contributed by atoms with van der Waals surface area (Å²) >= 11 is 0. The summed E-state index contributed by atoms with van der Waals surface area (Å²) in [7, 11) is 0. The molecule has 0 heteroatoms. The van der Waals surface area contributed by atoms with Crippen molar-refractivity contribution in [1.82, 2.24) is 0 Å². The Morgan fingerprint density at radius 1 is 0.562 bits per heavy atom. The zero-order valence-electron chi connectivity index (χ0n) is 18.4. The van der Waals surface area contributed by atoms with Crippen molar-refractivity contribution in [3.05, 3.63) is 142 Å². The van der Waals surface area contributed by atoms with Gasteiger partial charge < -0.3 is 0 Å². The highest BCUT2D eigenvalue weighted by Crippen LogP contribution is 2.60. The van der Waals surface area contributed by atoms with E-state index < -0.39 is 0 Å². The largest absolute Gasteiger partial charge is 0.0719 e. The van der Waals surface area contributed by atoms with Crippen molar-refractivity contribution in [2.75, 3.05) is 0 Å². The molecule has 1 spiro atoms. The molecule has 0 N–H and O–H groups in total. The van der Waals surface area contributed by atoms with E-state index in [-0.39, 0.29) is 5.41 Å². The van der Waals surface area contributed by atoms with Crippen LogP contribution < -0.4 is 0 Å². The van der Waals surface area contributed by atoms with Gasteiger partial charge in [-0.15, -0.1) is 0 Å². The molecule has 2 aliphatic rings. The first kappa shape index (κ1) is 18.0. The van der Waals surface area contributed by atoms with Crippen molar-refractivity contribution in [3.63, 3.8) is 0 Å². The van der Waals surface area contributed by atoms with Gasteiger partial charge in [-0.3, -0.25) is 0 Å². The van der Waals surface area contributed by atoms with Gasteiger partial charge >= 0.3 is 0 Å². The summed E-state index contributed by atoms with van der Waals surface area (Å²) in [4.78, 5) is 0. The Hall–Kier alpha value is -3.64. The van der Waals surface area contributed by atoms with Gasteiger partial charge in [0.05, 0.1) is 5.41 Å². The van der Waals surface area contributed by atoms with Crippen LogP contribution in [0.15, 0.2) is 97.1 Å². The molecule has 5 aromatic rings. The fourth-order valence-electron chi connectivity index (χ4n) is 6.39. The van der Waals surface area contributed by atoms with Crippen LogP contribution in [0.4, 0.5) is 0 Å². The average molecular weight is 409 g/mol. The van der Waals surface area contributed by atoms with E-state index in [1.54, 1.807) is 0 Å². The van der Waals surface area contributed by atoms with Crippen molar-refractivity contribution in [1.29, 1.82) is 0 Å². The normalized spacial score (nSPS) is 14.7. The Morgan fingerprint density at radius 3 is 1.97 bits per heavy atom. The van der Waals surface area contributed by atoms with E-state index >= 15 is 0 Å². The minimum atomic E-state index is -0.267. The maximum atomic E-state index is 2.44. The highest BCUT2D eigenvalue weighted by atomic mass is 14.5. The zero-order chi connectivity index (χ0) is 21.4. The maximum Gasteiger partial charge on any atom is 0.0719 e. The van der Waals surface area contributed by atoms with Crippen LogP contribution in [0.2, 0.25) is 0 Å². The van der Waals surface area contributed by atoms with Gasteiger partial charge in [0.15, 0.2) is 0 Å². The molecular weight excluding hydrogens is 384 g/mol. The van der Waals surface area contributed by atoms with E-state index in [9.17, 15) is 0 Å². The first-order valence-electron chi connectivity index (χ1n) is 11.5. The van der Waals surface area contributed by atoms with Gasteiger partial charge in [0.2, 0.25) is 0 Å². The third kappa shape index (κ3) is 2.12. The van der Waals surface area contributed by atoms with Crippen LogP contribution in [-0.2, 0) is 11.8 Å². The third-order valence-electron chi connectivity index (χ3n) is 7.68. The molecule has 0 amide bonds. The second kappa shape index (κ2) is 6.20. The predicted molar refractivity (Wildman–Crippen MR) is 134 cm³/mol. The first-order valence-corrected chi connectivity index (χ1v) is 11.5. The van der Waals surface area contributed by atoms with Crippen LogP contribution in [0.1, 0.15) is 44.5 Å². The number of benzene rings is 5. The lowest BCUT2D eigenvalue weighted by molar-refractivity contribution is 0.724. The summed E-state index contributed by atoms with van der Waals surface area (Å²) in [5.41, 5.74) is 13.8. The molecule has 0 atom stereocenters. The number of hydrogen-bond donors (Lipinski definition) is 0. The van der Waals surface area contributed by atoms with Gasteiger partial charge in [0.25, 0.3) is 0 Å². The quantitative estimate of drug-likeness (QED) is 0.241. The standard InChI is InChI=1S/C32H24/c1-20-11-14-25-26-15-12-21(2)18-31(26)32(30(25)17-20)28-10-6-4-8-23(28)19-27-24-9-5-3-7-22(24)13-16-29(27)32/h3-18H,19H2,1-2H3. The van der Waals surface area contributed by atoms with E-state index in [0.717, 1.165) is 6.42 Å². The van der Waals surface area contributed by atoms with Crippen LogP contribution in [-0.4, -0.2) is 0 Å². The Labute approximate surface area is 189 Å². The molecule has 32 heavy (non-hydrogen) atoms. The van der Waals surface area contributed by atoms with E-state index in [1.807, 2.05) is 0 Å². The molecule has 0 nitrogen and oxygen atoms in total. The maximum absolute atomic E-state index is 2.44. The van der Waals surface area contributed by atoms with Crippen molar-refractivity contribution >= 4 is 10.8 Å². The Bertz CT molecular complexity index is 1520. The van der Waals surface area contributed by atoms with Gasteiger partial charge in [0.1, 0.15) is 0 Å². The summed E-state index contributed by atoms with van der Waals surface area (Å²) < 4.78 is 0. The van der Waals surface area contributed by atoms with E-state index in [0.29, 0.717) is 0 Å². The molecule has 2 aliphatic carbocycles. The lowest BCUT2D eigenvalue weighted by Gasteiger charge is -2.41. The van der Waals surface area contributed by atoms with Gasteiger partial charge in [-0.05, 0) is 75.5 Å². The minimum absolute atomic E-state index is 0.267. The highest BCUT2D eigenvalue weighted by Gasteiger charge is 2.50. The monoisotopic (exact) mass is 408 g/mol. The second-order valence-corrected chi connectivity index (χ2v) is 9.49. The molecular formula is C32H24. The first-order chi connectivity index (χ1) is 15.7. The zero-order valence-corrected chi connectivity index (χ0v) is 18.4. The lowest BCUT2D eigenvalue weighted by atomic mass is 9.61. The van der Waals surface area contributed by atoms with Gasteiger partial charge in [-0.1, -0.05) is 108 Å². The van der Waals surface area contributed by atoms with Crippen molar-refractivity contribution < 1.29 is 0 Å².